The maximum absolute atomic E-state index is 12.2. The van der Waals surface area contributed by atoms with E-state index in [4.69, 9.17) is 0 Å². The maximum atomic E-state index is 12.2. The summed E-state index contributed by atoms with van der Waals surface area (Å²) in [5.41, 5.74) is 0. The highest BCUT2D eigenvalue weighted by Gasteiger charge is 2.21. The van der Waals surface area contributed by atoms with E-state index in [1.807, 2.05) is 18.8 Å². The van der Waals surface area contributed by atoms with Gasteiger partial charge in [0.05, 0.1) is 0 Å². The van der Waals surface area contributed by atoms with E-state index in [1.54, 1.807) is 0 Å². The van der Waals surface area contributed by atoms with Crippen molar-refractivity contribution in [3.63, 3.8) is 0 Å². The molecule has 1 aliphatic heterocycles. The predicted molar refractivity (Wildman–Crippen MR) is 105 cm³/mol. The molecule has 3 nitrogen and oxygen atoms in total. The van der Waals surface area contributed by atoms with E-state index in [-0.39, 0.29) is 12.4 Å². The smallest absolute Gasteiger partial charge is 0.222 e. The number of nitrogens with zero attached hydrogens (tertiary/aromatic N) is 1. The van der Waals surface area contributed by atoms with Crippen LogP contribution >= 0.6 is 40.1 Å². The lowest BCUT2D eigenvalue weighted by atomic mass is 9.96. The number of piperidine rings is 1. The normalized spacial score (nSPS) is 15.3. The van der Waals surface area contributed by atoms with Gasteiger partial charge >= 0.3 is 0 Å². The number of rotatable bonds is 7. The summed E-state index contributed by atoms with van der Waals surface area (Å²) in [7, 11) is 2.00. The zero-order valence-corrected chi connectivity index (χ0v) is 16.8. The van der Waals surface area contributed by atoms with Gasteiger partial charge in [-0.1, -0.05) is 15.9 Å². The number of benzene rings is 1. The van der Waals surface area contributed by atoms with Gasteiger partial charge in [-0.05, 0) is 68.8 Å². The van der Waals surface area contributed by atoms with Crippen molar-refractivity contribution >= 4 is 46.0 Å². The van der Waals surface area contributed by atoms with Crippen molar-refractivity contribution < 1.29 is 4.79 Å². The van der Waals surface area contributed by atoms with Crippen molar-refractivity contribution in [2.75, 3.05) is 32.4 Å². The Balaban J connectivity index is 0.00000264. The van der Waals surface area contributed by atoms with Crippen LogP contribution in [0.15, 0.2) is 33.6 Å². The summed E-state index contributed by atoms with van der Waals surface area (Å²) in [6.07, 6.45) is 3.91. The molecular weight excluding hydrogens is 396 g/mol. The zero-order valence-electron chi connectivity index (χ0n) is 13.6. The second-order valence-electron chi connectivity index (χ2n) is 5.79. The molecular formula is C17H26BrClN2OS. The number of halogens is 2. The minimum Gasteiger partial charge on any atom is -0.343 e. The first-order valence-electron chi connectivity index (χ1n) is 8.00. The van der Waals surface area contributed by atoms with Gasteiger partial charge in [-0.25, -0.2) is 0 Å². The van der Waals surface area contributed by atoms with Gasteiger partial charge in [0.1, 0.15) is 0 Å². The highest BCUT2D eigenvalue weighted by Crippen LogP contribution is 2.22. The van der Waals surface area contributed by atoms with E-state index in [0.717, 1.165) is 55.0 Å². The SMILES string of the molecule is CNCC1CCN(C(=O)CCCSc2ccc(Br)cc2)CC1.Cl. The Labute approximate surface area is 158 Å². The molecule has 1 amide bonds. The fourth-order valence-electron chi connectivity index (χ4n) is 2.78. The predicted octanol–water partition coefficient (Wildman–Crippen LogP) is 4.20. The fourth-order valence-corrected chi connectivity index (χ4v) is 3.89. The summed E-state index contributed by atoms with van der Waals surface area (Å²) in [4.78, 5) is 15.5. The minimum atomic E-state index is 0. The Morgan fingerprint density at radius 2 is 1.96 bits per heavy atom. The van der Waals surface area contributed by atoms with Crippen LogP contribution in [0, 0.1) is 5.92 Å². The lowest BCUT2D eigenvalue weighted by Gasteiger charge is -2.32. The third-order valence-corrected chi connectivity index (χ3v) is 5.70. The molecule has 1 fully saturated rings. The van der Waals surface area contributed by atoms with Crippen molar-refractivity contribution in [3.8, 4) is 0 Å². The second kappa shape index (κ2) is 11.3. The molecule has 0 spiro atoms. The third-order valence-electron chi connectivity index (χ3n) is 4.08. The molecule has 1 aromatic rings. The Hall–Kier alpha value is -0.230. The molecule has 1 saturated heterocycles. The van der Waals surface area contributed by atoms with Crippen LogP contribution in [0.5, 0.6) is 0 Å². The number of thioether (sulfide) groups is 1. The molecule has 6 heteroatoms. The molecule has 0 aliphatic carbocycles. The summed E-state index contributed by atoms with van der Waals surface area (Å²) >= 11 is 5.27. The van der Waals surface area contributed by atoms with Gasteiger partial charge in [0.25, 0.3) is 0 Å². The topological polar surface area (TPSA) is 32.3 Å². The average Bonchev–Trinajstić information content (AvgIpc) is 2.54. The summed E-state index contributed by atoms with van der Waals surface area (Å²) in [6.45, 7) is 2.95. The number of hydrogen-bond donors (Lipinski definition) is 1. The van der Waals surface area contributed by atoms with E-state index in [9.17, 15) is 4.79 Å². The largest absolute Gasteiger partial charge is 0.343 e. The molecule has 1 heterocycles. The van der Waals surface area contributed by atoms with Crippen molar-refractivity contribution in [2.24, 2.45) is 5.92 Å². The first-order valence-corrected chi connectivity index (χ1v) is 9.77. The van der Waals surface area contributed by atoms with E-state index >= 15 is 0 Å². The van der Waals surface area contributed by atoms with Crippen LogP contribution in [0.25, 0.3) is 0 Å². The molecule has 130 valence electrons. The van der Waals surface area contributed by atoms with Crippen LogP contribution in [0.2, 0.25) is 0 Å². The van der Waals surface area contributed by atoms with E-state index in [1.165, 1.54) is 4.90 Å². The van der Waals surface area contributed by atoms with Crippen LogP contribution in [-0.4, -0.2) is 43.2 Å². The summed E-state index contributed by atoms with van der Waals surface area (Å²) in [5, 5.41) is 3.23. The monoisotopic (exact) mass is 420 g/mol. The Kier molecular flexibility index (Phi) is 10.3. The number of carbonyl (C=O) groups excluding carboxylic acids is 1. The van der Waals surface area contributed by atoms with E-state index < -0.39 is 0 Å². The summed E-state index contributed by atoms with van der Waals surface area (Å²) in [5.74, 6) is 2.07. The Bertz CT molecular complexity index is 464. The van der Waals surface area contributed by atoms with Crippen molar-refractivity contribution in [2.45, 2.75) is 30.6 Å². The molecule has 0 aromatic heterocycles. The molecule has 0 bridgehead atoms. The quantitative estimate of drug-likeness (QED) is 0.529. The number of nitrogens with one attached hydrogen (secondary N) is 1. The molecule has 1 aliphatic rings. The number of likely N-dealkylation sites (tertiary alicyclic amines) is 1. The van der Waals surface area contributed by atoms with Crippen LogP contribution in [0.4, 0.5) is 0 Å². The average molecular weight is 422 g/mol. The number of carbonyl (C=O) groups is 1. The summed E-state index contributed by atoms with van der Waals surface area (Å²) in [6, 6.07) is 8.35. The highest BCUT2D eigenvalue weighted by molar-refractivity contribution is 9.10. The lowest BCUT2D eigenvalue weighted by Crippen LogP contribution is -2.40. The standard InChI is InChI=1S/C17H25BrN2OS.ClH/c1-19-13-14-8-10-20(11-9-14)17(21)3-2-12-22-16-6-4-15(18)5-7-16;/h4-7,14,19H,2-3,8-13H2,1H3;1H. The van der Waals surface area contributed by atoms with Gasteiger partial charge in [0.15, 0.2) is 0 Å². The zero-order chi connectivity index (χ0) is 15.8. The van der Waals surface area contributed by atoms with Crippen LogP contribution in [0.3, 0.4) is 0 Å². The lowest BCUT2D eigenvalue weighted by molar-refractivity contribution is -0.132. The van der Waals surface area contributed by atoms with E-state index in [2.05, 4.69) is 50.4 Å². The van der Waals surface area contributed by atoms with Crippen LogP contribution in [-0.2, 0) is 4.79 Å². The molecule has 1 N–H and O–H groups in total. The van der Waals surface area contributed by atoms with Gasteiger partial charge in [-0.15, -0.1) is 24.2 Å². The van der Waals surface area contributed by atoms with Gasteiger partial charge in [-0.3, -0.25) is 4.79 Å². The molecule has 0 unspecified atom stereocenters. The maximum Gasteiger partial charge on any atom is 0.222 e. The van der Waals surface area contributed by atoms with Gasteiger partial charge in [0.2, 0.25) is 5.91 Å². The molecule has 0 atom stereocenters. The van der Waals surface area contributed by atoms with Crippen molar-refractivity contribution in [1.82, 2.24) is 10.2 Å². The van der Waals surface area contributed by atoms with Crippen molar-refractivity contribution in [3.05, 3.63) is 28.7 Å². The van der Waals surface area contributed by atoms with E-state index in [0.29, 0.717) is 12.3 Å². The fraction of sp³-hybridized carbons (Fsp3) is 0.588. The number of hydrogen-bond acceptors (Lipinski definition) is 3. The minimum absolute atomic E-state index is 0. The third kappa shape index (κ3) is 7.46. The van der Waals surface area contributed by atoms with Gasteiger partial charge in [0, 0.05) is 28.9 Å². The van der Waals surface area contributed by atoms with Gasteiger partial charge in [-0.2, -0.15) is 0 Å². The molecule has 2 rings (SSSR count). The Morgan fingerprint density at radius 3 is 2.57 bits per heavy atom. The Morgan fingerprint density at radius 1 is 1.30 bits per heavy atom. The molecule has 0 saturated carbocycles. The first-order chi connectivity index (χ1) is 10.7. The van der Waals surface area contributed by atoms with Crippen LogP contribution in [0.1, 0.15) is 25.7 Å². The highest BCUT2D eigenvalue weighted by atomic mass is 79.9. The molecule has 1 aromatic carbocycles. The van der Waals surface area contributed by atoms with Crippen molar-refractivity contribution in [1.29, 1.82) is 0 Å². The van der Waals surface area contributed by atoms with Gasteiger partial charge < -0.3 is 10.2 Å². The molecule has 0 radical (unpaired) electrons. The molecule has 23 heavy (non-hydrogen) atoms. The first kappa shape index (κ1) is 20.8. The van der Waals surface area contributed by atoms with Crippen LogP contribution < -0.4 is 5.32 Å². The number of amides is 1. The second-order valence-corrected chi connectivity index (χ2v) is 7.87. The summed E-state index contributed by atoms with van der Waals surface area (Å²) < 4.78 is 1.11.